The summed E-state index contributed by atoms with van der Waals surface area (Å²) in [4.78, 5) is 11.6. The molecule has 1 aliphatic heterocycles. The number of hydrogen-bond donors (Lipinski definition) is 1. The van der Waals surface area contributed by atoms with Crippen molar-refractivity contribution in [3.8, 4) is 0 Å². The molecule has 1 amide bonds. The van der Waals surface area contributed by atoms with Crippen LogP contribution in [0.3, 0.4) is 0 Å². The van der Waals surface area contributed by atoms with E-state index in [9.17, 15) is 4.79 Å². The minimum atomic E-state index is -1.83. The van der Waals surface area contributed by atoms with E-state index in [0.29, 0.717) is 5.92 Å². The molecule has 17 heavy (non-hydrogen) atoms. The van der Waals surface area contributed by atoms with Crippen LogP contribution in [0.5, 0.6) is 0 Å². The molecule has 1 N–H and O–H groups in total. The minimum absolute atomic E-state index is 0.0699. The molecular weight excluding hydrogens is 230 g/mol. The highest BCUT2D eigenvalue weighted by Gasteiger charge is 2.47. The van der Waals surface area contributed by atoms with Crippen molar-refractivity contribution < 1.29 is 9.22 Å². The fourth-order valence-corrected chi connectivity index (χ4v) is 3.01. The van der Waals surface area contributed by atoms with Gasteiger partial charge in [-0.05, 0) is 30.5 Å². The maximum Gasteiger partial charge on any atom is 0.250 e. The summed E-state index contributed by atoms with van der Waals surface area (Å²) in [6, 6.07) is 0.219. The third-order valence-corrected chi connectivity index (χ3v) is 8.36. The average molecular weight is 257 g/mol. The molecule has 0 spiro atoms. The van der Waals surface area contributed by atoms with Crippen LogP contribution in [-0.2, 0) is 9.22 Å². The van der Waals surface area contributed by atoms with Crippen molar-refractivity contribution in [2.24, 2.45) is 5.92 Å². The lowest BCUT2D eigenvalue weighted by Crippen LogP contribution is -2.66. The first kappa shape index (κ1) is 14.7. The average Bonchev–Trinajstić information content (AvgIpc) is 2.11. The number of nitrogens with one attached hydrogen (secondary N) is 1. The first-order chi connectivity index (χ1) is 7.54. The lowest BCUT2D eigenvalue weighted by molar-refractivity contribution is -0.141. The number of carbonyl (C=O) groups is 1. The second-order valence-corrected chi connectivity index (χ2v) is 11.8. The van der Waals surface area contributed by atoms with E-state index in [0.717, 1.165) is 6.42 Å². The van der Waals surface area contributed by atoms with Gasteiger partial charge in [-0.3, -0.25) is 4.79 Å². The highest BCUT2D eigenvalue weighted by atomic mass is 28.4. The molecule has 1 saturated heterocycles. The zero-order valence-electron chi connectivity index (χ0n) is 12.3. The van der Waals surface area contributed by atoms with Gasteiger partial charge < -0.3 is 9.74 Å². The van der Waals surface area contributed by atoms with Crippen LogP contribution in [0.4, 0.5) is 0 Å². The second kappa shape index (κ2) is 4.73. The lowest BCUT2D eigenvalue weighted by atomic mass is 9.93. The van der Waals surface area contributed by atoms with Gasteiger partial charge in [0.2, 0.25) is 5.91 Å². The predicted molar refractivity (Wildman–Crippen MR) is 73.5 cm³/mol. The Morgan fingerprint density at radius 2 is 1.88 bits per heavy atom. The van der Waals surface area contributed by atoms with Gasteiger partial charge in [0.25, 0.3) is 0 Å². The van der Waals surface area contributed by atoms with Crippen molar-refractivity contribution in [2.75, 3.05) is 0 Å². The SMILES string of the molecule is CC(C)C[C@@H]1NC(=O)[C@@H]1O[Si](C)(C)C(C)(C)C. The summed E-state index contributed by atoms with van der Waals surface area (Å²) in [6.07, 6.45) is 0.795. The van der Waals surface area contributed by atoms with Gasteiger partial charge in [0.15, 0.2) is 8.32 Å². The van der Waals surface area contributed by atoms with Crippen molar-refractivity contribution in [3.05, 3.63) is 0 Å². The Morgan fingerprint density at radius 3 is 2.24 bits per heavy atom. The van der Waals surface area contributed by atoms with E-state index in [1.807, 2.05) is 0 Å². The maximum atomic E-state index is 11.6. The van der Waals surface area contributed by atoms with Gasteiger partial charge in [-0.15, -0.1) is 0 Å². The van der Waals surface area contributed by atoms with Crippen molar-refractivity contribution in [1.82, 2.24) is 5.32 Å². The van der Waals surface area contributed by atoms with Gasteiger partial charge in [0, 0.05) is 0 Å². The molecular formula is C13H27NO2Si. The summed E-state index contributed by atoms with van der Waals surface area (Å²) in [5, 5.41) is 3.11. The van der Waals surface area contributed by atoms with Crippen LogP contribution in [0.25, 0.3) is 0 Å². The molecule has 0 radical (unpaired) electrons. The summed E-state index contributed by atoms with van der Waals surface area (Å²) < 4.78 is 6.19. The summed E-state index contributed by atoms with van der Waals surface area (Å²) in [7, 11) is -1.83. The Morgan fingerprint density at radius 1 is 1.35 bits per heavy atom. The molecule has 0 saturated carbocycles. The normalized spacial score (nSPS) is 25.8. The molecule has 0 aromatic heterocycles. The van der Waals surface area contributed by atoms with E-state index in [2.05, 4.69) is 53.0 Å². The van der Waals surface area contributed by atoms with Gasteiger partial charge in [0.1, 0.15) is 6.10 Å². The van der Waals surface area contributed by atoms with Crippen LogP contribution >= 0.6 is 0 Å². The third kappa shape index (κ3) is 3.32. The quantitative estimate of drug-likeness (QED) is 0.621. The van der Waals surface area contributed by atoms with Crippen LogP contribution in [-0.4, -0.2) is 26.4 Å². The molecule has 0 aliphatic carbocycles. The maximum absolute atomic E-state index is 11.6. The Bertz CT molecular complexity index is 294. The van der Waals surface area contributed by atoms with Crippen LogP contribution in [0.15, 0.2) is 0 Å². The van der Waals surface area contributed by atoms with Gasteiger partial charge in [-0.25, -0.2) is 0 Å². The first-order valence-corrected chi connectivity index (χ1v) is 9.43. The lowest BCUT2D eigenvalue weighted by Gasteiger charge is -2.45. The molecule has 0 unspecified atom stereocenters. The zero-order valence-corrected chi connectivity index (χ0v) is 13.3. The van der Waals surface area contributed by atoms with Crippen molar-refractivity contribution in [3.63, 3.8) is 0 Å². The minimum Gasteiger partial charge on any atom is -0.403 e. The van der Waals surface area contributed by atoms with E-state index < -0.39 is 8.32 Å². The highest BCUT2D eigenvalue weighted by molar-refractivity contribution is 6.74. The van der Waals surface area contributed by atoms with Gasteiger partial charge >= 0.3 is 0 Å². The van der Waals surface area contributed by atoms with Crippen LogP contribution < -0.4 is 5.32 Å². The Balaban J connectivity index is 2.64. The topological polar surface area (TPSA) is 38.3 Å². The van der Waals surface area contributed by atoms with Gasteiger partial charge in [0.05, 0.1) is 6.04 Å². The van der Waals surface area contributed by atoms with Gasteiger partial charge in [-0.1, -0.05) is 34.6 Å². The van der Waals surface area contributed by atoms with Crippen LogP contribution in [0, 0.1) is 5.92 Å². The molecule has 0 aromatic rings. The molecule has 4 heteroatoms. The van der Waals surface area contributed by atoms with E-state index in [4.69, 9.17) is 4.43 Å². The molecule has 2 atom stereocenters. The molecule has 1 fully saturated rings. The van der Waals surface area contributed by atoms with Crippen molar-refractivity contribution in [1.29, 1.82) is 0 Å². The third-order valence-electron chi connectivity index (χ3n) is 3.90. The molecule has 0 aromatic carbocycles. The summed E-state index contributed by atoms with van der Waals surface area (Å²) in [5.74, 6) is 0.659. The Hall–Kier alpha value is -0.353. The largest absolute Gasteiger partial charge is 0.403 e. The monoisotopic (exact) mass is 257 g/mol. The van der Waals surface area contributed by atoms with E-state index in [1.165, 1.54) is 0 Å². The number of amides is 1. The molecule has 100 valence electrons. The number of rotatable bonds is 4. The fraction of sp³-hybridized carbons (Fsp3) is 0.923. The number of hydrogen-bond acceptors (Lipinski definition) is 2. The predicted octanol–water partition coefficient (Wildman–Crippen LogP) is 2.92. The Labute approximate surface area is 106 Å². The van der Waals surface area contributed by atoms with E-state index in [-0.39, 0.29) is 23.1 Å². The standard InChI is InChI=1S/C13H27NO2Si/c1-9(2)8-10-11(12(15)14-10)16-17(6,7)13(3,4)5/h9-11H,8H2,1-7H3,(H,14,15)/t10-,11+/m0/s1. The van der Waals surface area contributed by atoms with Gasteiger partial charge in [-0.2, -0.15) is 0 Å². The second-order valence-electron chi connectivity index (χ2n) is 7.04. The summed E-state index contributed by atoms with van der Waals surface area (Å²) in [6.45, 7) is 15.4. The van der Waals surface area contributed by atoms with E-state index in [1.54, 1.807) is 0 Å². The molecule has 1 heterocycles. The summed E-state index contributed by atoms with van der Waals surface area (Å²) in [5.41, 5.74) is 0. The molecule has 3 nitrogen and oxygen atoms in total. The number of carbonyl (C=O) groups excluding carboxylic acids is 1. The van der Waals surface area contributed by atoms with Crippen LogP contribution in [0.2, 0.25) is 18.1 Å². The zero-order chi connectivity index (χ0) is 13.4. The highest BCUT2D eigenvalue weighted by Crippen LogP contribution is 2.38. The molecule has 1 aliphatic rings. The molecule has 0 bridgehead atoms. The smallest absolute Gasteiger partial charge is 0.250 e. The van der Waals surface area contributed by atoms with E-state index >= 15 is 0 Å². The Kier molecular flexibility index (Phi) is 4.09. The fourth-order valence-electron chi connectivity index (χ4n) is 1.75. The summed E-state index contributed by atoms with van der Waals surface area (Å²) >= 11 is 0. The van der Waals surface area contributed by atoms with Crippen LogP contribution in [0.1, 0.15) is 41.0 Å². The first-order valence-electron chi connectivity index (χ1n) is 6.53. The molecule has 1 rings (SSSR count). The van der Waals surface area contributed by atoms with Crippen molar-refractivity contribution >= 4 is 14.2 Å². The number of β-lactam (4-membered cyclic amide) rings is 1. The van der Waals surface area contributed by atoms with Crippen molar-refractivity contribution in [2.45, 2.75) is 71.3 Å².